The number of halogens is 2. The maximum absolute atomic E-state index is 14.4. The van der Waals surface area contributed by atoms with Crippen molar-refractivity contribution in [2.75, 3.05) is 31.6 Å². The lowest BCUT2D eigenvalue weighted by Crippen LogP contribution is -2.52. The molecular formula is C20H25ClFN7O2. The molecule has 0 spiro atoms. The van der Waals surface area contributed by atoms with E-state index >= 15 is 0 Å². The van der Waals surface area contributed by atoms with Crippen LogP contribution in [0.25, 0.3) is 5.57 Å². The second kappa shape index (κ2) is 9.11. The average Bonchev–Trinajstić information content (AvgIpc) is 3.16. The van der Waals surface area contributed by atoms with Gasteiger partial charge in [-0.2, -0.15) is 0 Å². The standard InChI is InChI=1S/C20H25ClFN7O2/c1-11(2)27-20(30)29-3-4-31-13(10-29)7-24-19-16(22)9-26-18(28-19)15-8-25-17-14(15)5-12(21)6-23-17/h5-6,8-9,11,13,17,23,25H,3-4,7,10H2,1-2H3,(H,27,30)(H,24,26,28). The molecular weight excluding hydrogens is 425 g/mol. The summed E-state index contributed by atoms with van der Waals surface area (Å²) in [4.78, 5) is 22.4. The molecule has 0 radical (unpaired) electrons. The molecule has 2 amide bonds. The Morgan fingerprint density at radius 2 is 2.23 bits per heavy atom. The van der Waals surface area contributed by atoms with E-state index in [1.807, 2.05) is 19.9 Å². The third kappa shape index (κ3) is 4.91. The summed E-state index contributed by atoms with van der Waals surface area (Å²) in [5, 5.41) is 12.7. The Morgan fingerprint density at radius 1 is 1.42 bits per heavy atom. The van der Waals surface area contributed by atoms with Gasteiger partial charge in [0.05, 0.1) is 30.5 Å². The Morgan fingerprint density at radius 3 is 3.03 bits per heavy atom. The van der Waals surface area contributed by atoms with E-state index in [0.717, 1.165) is 17.3 Å². The highest BCUT2D eigenvalue weighted by Gasteiger charge is 2.28. The number of allylic oxidation sites excluding steroid dienone is 2. The number of aromatic nitrogens is 2. The van der Waals surface area contributed by atoms with E-state index in [-0.39, 0.29) is 30.2 Å². The number of anilines is 1. The SMILES string of the molecule is CC(C)NC(=O)N1CCOC(CNc2nc(C3=CNC4NC=C(Cl)C=C34)ncc2F)C1. The summed E-state index contributed by atoms with van der Waals surface area (Å²) in [6.45, 7) is 5.47. The number of hydrogen-bond donors (Lipinski definition) is 4. The van der Waals surface area contributed by atoms with E-state index in [1.54, 1.807) is 17.3 Å². The molecule has 0 aliphatic carbocycles. The van der Waals surface area contributed by atoms with Crippen LogP contribution in [-0.2, 0) is 4.74 Å². The van der Waals surface area contributed by atoms with Crippen LogP contribution >= 0.6 is 11.6 Å². The zero-order chi connectivity index (χ0) is 22.0. The van der Waals surface area contributed by atoms with E-state index in [1.165, 1.54) is 0 Å². The molecule has 1 fully saturated rings. The lowest BCUT2D eigenvalue weighted by Gasteiger charge is -2.33. The number of amides is 2. The van der Waals surface area contributed by atoms with Gasteiger partial charge >= 0.3 is 6.03 Å². The van der Waals surface area contributed by atoms with Gasteiger partial charge in [0, 0.05) is 42.7 Å². The van der Waals surface area contributed by atoms with Crippen LogP contribution in [0.1, 0.15) is 19.7 Å². The van der Waals surface area contributed by atoms with Crippen LogP contribution in [-0.4, -0.2) is 65.5 Å². The van der Waals surface area contributed by atoms with Crippen molar-refractivity contribution >= 4 is 29.0 Å². The van der Waals surface area contributed by atoms with Gasteiger partial charge in [0.2, 0.25) is 0 Å². The third-order valence-corrected chi connectivity index (χ3v) is 5.24. The van der Waals surface area contributed by atoms with E-state index in [2.05, 4.69) is 31.2 Å². The number of dihydropyridines is 1. The molecule has 0 saturated carbocycles. The van der Waals surface area contributed by atoms with Crippen molar-refractivity contribution in [2.24, 2.45) is 0 Å². The van der Waals surface area contributed by atoms with Crippen molar-refractivity contribution < 1.29 is 13.9 Å². The van der Waals surface area contributed by atoms with Crippen molar-refractivity contribution in [1.29, 1.82) is 0 Å². The minimum atomic E-state index is -0.564. The van der Waals surface area contributed by atoms with Gasteiger partial charge in [0.1, 0.15) is 6.17 Å². The van der Waals surface area contributed by atoms with Crippen LogP contribution in [0, 0.1) is 5.82 Å². The summed E-state index contributed by atoms with van der Waals surface area (Å²) in [6, 6.07) is -0.0737. The molecule has 31 heavy (non-hydrogen) atoms. The monoisotopic (exact) mass is 449 g/mol. The second-order valence-electron chi connectivity index (χ2n) is 7.77. The fourth-order valence-corrected chi connectivity index (χ4v) is 3.72. The number of urea groups is 1. The number of hydrogen-bond acceptors (Lipinski definition) is 7. The predicted molar refractivity (Wildman–Crippen MR) is 116 cm³/mol. The molecule has 4 rings (SSSR count). The fraction of sp³-hybridized carbons (Fsp3) is 0.450. The first-order chi connectivity index (χ1) is 14.9. The Balaban J connectivity index is 1.42. The first-order valence-corrected chi connectivity index (χ1v) is 10.5. The lowest BCUT2D eigenvalue weighted by molar-refractivity contribution is -0.00679. The van der Waals surface area contributed by atoms with Crippen LogP contribution in [0.2, 0.25) is 0 Å². The van der Waals surface area contributed by atoms with Gasteiger partial charge in [-0.1, -0.05) is 11.6 Å². The quantitative estimate of drug-likeness (QED) is 0.542. The Bertz CT molecular complexity index is 949. The number of morpholine rings is 1. The number of nitrogens with zero attached hydrogens (tertiary/aromatic N) is 3. The zero-order valence-electron chi connectivity index (χ0n) is 17.3. The smallest absolute Gasteiger partial charge is 0.317 e. The summed E-state index contributed by atoms with van der Waals surface area (Å²) in [5.41, 5.74) is 1.62. The minimum absolute atomic E-state index is 0.0549. The molecule has 1 saturated heterocycles. The van der Waals surface area contributed by atoms with Gasteiger partial charge in [0.15, 0.2) is 17.5 Å². The molecule has 0 aromatic carbocycles. The van der Waals surface area contributed by atoms with Gasteiger partial charge < -0.3 is 30.9 Å². The molecule has 3 aliphatic rings. The average molecular weight is 450 g/mol. The number of nitrogens with one attached hydrogen (secondary N) is 4. The second-order valence-corrected chi connectivity index (χ2v) is 8.20. The minimum Gasteiger partial charge on any atom is -0.373 e. The summed E-state index contributed by atoms with van der Waals surface area (Å²) in [6.07, 6.45) is 6.03. The number of carbonyl (C=O) groups is 1. The van der Waals surface area contributed by atoms with Crippen LogP contribution in [0.15, 0.2) is 35.3 Å². The molecule has 166 valence electrons. The first-order valence-electron chi connectivity index (χ1n) is 10.1. The van der Waals surface area contributed by atoms with E-state index < -0.39 is 5.82 Å². The highest BCUT2D eigenvalue weighted by Crippen LogP contribution is 2.31. The van der Waals surface area contributed by atoms with Gasteiger partial charge in [-0.15, -0.1) is 0 Å². The van der Waals surface area contributed by atoms with Gasteiger partial charge in [-0.05, 0) is 19.9 Å². The number of carbonyl (C=O) groups excluding carboxylic acids is 1. The Hall–Kier alpha value is -2.85. The van der Waals surface area contributed by atoms with E-state index in [0.29, 0.717) is 37.1 Å². The summed E-state index contributed by atoms with van der Waals surface area (Å²) >= 11 is 6.10. The maximum atomic E-state index is 14.4. The van der Waals surface area contributed by atoms with Crippen LogP contribution in [0.3, 0.4) is 0 Å². The molecule has 0 bridgehead atoms. The van der Waals surface area contributed by atoms with Gasteiger partial charge in [0.25, 0.3) is 0 Å². The third-order valence-electron chi connectivity index (χ3n) is 5.02. The highest BCUT2D eigenvalue weighted by atomic mass is 35.5. The zero-order valence-corrected chi connectivity index (χ0v) is 18.0. The number of ether oxygens (including phenoxy) is 1. The molecule has 4 heterocycles. The predicted octanol–water partition coefficient (Wildman–Crippen LogP) is 1.73. The fourth-order valence-electron chi connectivity index (χ4n) is 3.54. The summed E-state index contributed by atoms with van der Waals surface area (Å²) in [5.74, 6) is -0.112. The molecule has 1 aromatic heterocycles. The molecule has 4 N–H and O–H groups in total. The maximum Gasteiger partial charge on any atom is 0.317 e. The summed E-state index contributed by atoms with van der Waals surface area (Å²) in [7, 11) is 0. The van der Waals surface area contributed by atoms with Gasteiger partial charge in [-0.25, -0.2) is 19.2 Å². The largest absolute Gasteiger partial charge is 0.373 e. The molecule has 9 nitrogen and oxygen atoms in total. The molecule has 1 aromatic rings. The van der Waals surface area contributed by atoms with Crippen LogP contribution < -0.4 is 21.3 Å². The molecule has 2 atom stereocenters. The van der Waals surface area contributed by atoms with Crippen molar-refractivity contribution in [1.82, 2.24) is 30.8 Å². The van der Waals surface area contributed by atoms with Crippen molar-refractivity contribution in [3.05, 3.63) is 46.9 Å². The van der Waals surface area contributed by atoms with Crippen molar-refractivity contribution in [3.63, 3.8) is 0 Å². The topological polar surface area (TPSA) is 103 Å². The molecule has 2 unspecified atom stereocenters. The normalized spacial score (nSPS) is 22.6. The van der Waals surface area contributed by atoms with Crippen LogP contribution in [0.4, 0.5) is 15.0 Å². The lowest BCUT2D eigenvalue weighted by atomic mass is 10.0. The number of rotatable bonds is 5. The van der Waals surface area contributed by atoms with Gasteiger partial charge in [-0.3, -0.25) is 0 Å². The van der Waals surface area contributed by atoms with E-state index in [9.17, 15) is 9.18 Å². The molecule has 3 aliphatic heterocycles. The van der Waals surface area contributed by atoms with Crippen molar-refractivity contribution in [3.8, 4) is 0 Å². The first kappa shape index (κ1) is 21.4. The Kier molecular flexibility index (Phi) is 6.28. The summed E-state index contributed by atoms with van der Waals surface area (Å²) < 4.78 is 20.1. The Labute approximate surface area is 184 Å². The number of fused-ring (bicyclic) bond motifs is 1. The highest BCUT2D eigenvalue weighted by molar-refractivity contribution is 6.31. The van der Waals surface area contributed by atoms with E-state index in [4.69, 9.17) is 16.3 Å². The van der Waals surface area contributed by atoms with Crippen molar-refractivity contribution in [2.45, 2.75) is 32.2 Å². The molecule has 11 heteroatoms. The van der Waals surface area contributed by atoms with Crippen LogP contribution in [0.5, 0.6) is 0 Å².